The Morgan fingerprint density at radius 2 is 1.90 bits per heavy atom. The normalized spacial score (nSPS) is 13.0. The highest BCUT2D eigenvalue weighted by atomic mass is 32.2. The smallest absolute Gasteiger partial charge is 0.272 e. The summed E-state index contributed by atoms with van der Waals surface area (Å²) in [5.41, 5.74) is 2.07. The van der Waals surface area contributed by atoms with E-state index in [2.05, 4.69) is 5.32 Å². The number of nitrogens with zero attached hydrogens (tertiary/aromatic N) is 1. The third kappa shape index (κ3) is 4.19. The number of nitro benzene ring substituents is 1. The van der Waals surface area contributed by atoms with Crippen LogP contribution in [0.25, 0.3) is 0 Å². The average Bonchev–Trinajstić information content (AvgIpc) is 2.32. The van der Waals surface area contributed by atoms with Crippen molar-refractivity contribution in [2.75, 3.05) is 16.8 Å². The maximum absolute atomic E-state index is 11.6. The van der Waals surface area contributed by atoms with Crippen molar-refractivity contribution in [1.82, 2.24) is 0 Å². The molecule has 0 spiro atoms. The first-order chi connectivity index (χ1) is 9.16. The van der Waals surface area contributed by atoms with E-state index in [4.69, 9.17) is 0 Å². The summed E-state index contributed by atoms with van der Waals surface area (Å²) in [5.74, 6) is 0.149. The third-order valence-electron chi connectivity index (χ3n) is 3.09. The van der Waals surface area contributed by atoms with Gasteiger partial charge >= 0.3 is 0 Å². The zero-order chi connectivity index (χ0) is 15.5. The van der Waals surface area contributed by atoms with E-state index in [0.29, 0.717) is 5.56 Å². The standard InChI is InChI=1S/C13H20N2O4S/c1-5-20(18,19)8-11(4)14-12-6-10(3)13(15(16)17)7-9(12)2/h6-7,11,14H,5,8H2,1-4H3. The van der Waals surface area contributed by atoms with Gasteiger partial charge in [-0.05, 0) is 32.4 Å². The van der Waals surface area contributed by atoms with Gasteiger partial charge in [0, 0.05) is 29.1 Å². The second-order valence-corrected chi connectivity index (χ2v) is 7.35. The maximum Gasteiger partial charge on any atom is 0.272 e. The van der Waals surface area contributed by atoms with Crippen molar-refractivity contribution >= 4 is 21.2 Å². The fourth-order valence-electron chi connectivity index (χ4n) is 1.96. The van der Waals surface area contributed by atoms with E-state index >= 15 is 0 Å². The largest absolute Gasteiger partial charge is 0.381 e. The molecule has 0 heterocycles. The average molecular weight is 300 g/mol. The monoisotopic (exact) mass is 300 g/mol. The van der Waals surface area contributed by atoms with E-state index in [9.17, 15) is 18.5 Å². The Balaban J connectivity index is 2.94. The molecule has 112 valence electrons. The van der Waals surface area contributed by atoms with Gasteiger partial charge in [-0.2, -0.15) is 0 Å². The van der Waals surface area contributed by atoms with Crippen LogP contribution in [0.5, 0.6) is 0 Å². The highest BCUT2D eigenvalue weighted by Crippen LogP contribution is 2.26. The fourth-order valence-corrected chi connectivity index (χ4v) is 3.04. The highest BCUT2D eigenvalue weighted by Gasteiger charge is 2.17. The lowest BCUT2D eigenvalue weighted by Crippen LogP contribution is -2.27. The molecule has 1 aromatic rings. The lowest BCUT2D eigenvalue weighted by molar-refractivity contribution is -0.385. The van der Waals surface area contributed by atoms with Crippen LogP contribution in [-0.4, -0.2) is 30.9 Å². The number of sulfone groups is 1. The summed E-state index contributed by atoms with van der Waals surface area (Å²) in [7, 11) is -3.05. The van der Waals surface area contributed by atoms with Gasteiger partial charge < -0.3 is 5.32 Å². The van der Waals surface area contributed by atoms with Crippen molar-refractivity contribution in [1.29, 1.82) is 0 Å². The van der Waals surface area contributed by atoms with Gasteiger partial charge in [-0.15, -0.1) is 0 Å². The molecule has 1 atom stereocenters. The van der Waals surface area contributed by atoms with Gasteiger partial charge in [0.2, 0.25) is 0 Å². The molecule has 0 aliphatic heterocycles. The van der Waals surface area contributed by atoms with Crippen LogP contribution in [-0.2, 0) is 9.84 Å². The van der Waals surface area contributed by atoms with Gasteiger partial charge in [0.1, 0.15) is 0 Å². The topological polar surface area (TPSA) is 89.3 Å². The number of nitro groups is 1. The number of anilines is 1. The van der Waals surface area contributed by atoms with Crippen molar-refractivity contribution < 1.29 is 13.3 Å². The van der Waals surface area contributed by atoms with Crippen LogP contribution in [0.15, 0.2) is 12.1 Å². The van der Waals surface area contributed by atoms with Crippen LogP contribution in [0.2, 0.25) is 0 Å². The summed E-state index contributed by atoms with van der Waals surface area (Å²) < 4.78 is 23.1. The Kier molecular flexibility index (Phi) is 5.10. The lowest BCUT2D eigenvalue weighted by atomic mass is 10.1. The molecule has 0 aromatic heterocycles. The third-order valence-corrected chi connectivity index (χ3v) is 4.97. The maximum atomic E-state index is 11.6. The molecule has 6 nitrogen and oxygen atoms in total. The zero-order valence-corrected chi connectivity index (χ0v) is 13.0. The van der Waals surface area contributed by atoms with E-state index in [1.165, 1.54) is 6.07 Å². The van der Waals surface area contributed by atoms with Crippen molar-refractivity contribution in [3.8, 4) is 0 Å². The van der Waals surface area contributed by atoms with Crippen LogP contribution in [0.3, 0.4) is 0 Å². The highest BCUT2D eigenvalue weighted by molar-refractivity contribution is 7.91. The van der Waals surface area contributed by atoms with E-state index in [1.807, 2.05) is 0 Å². The fraction of sp³-hybridized carbons (Fsp3) is 0.538. The van der Waals surface area contributed by atoms with E-state index < -0.39 is 14.8 Å². The molecule has 1 aromatic carbocycles. The van der Waals surface area contributed by atoms with Crippen molar-refractivity contribution in [2.24, 2.45) is 0 Å². The molecule has 1 rings (SSSR count). The Hall–Kier alpha value is -1.63. The molecule has 7 heteroatoms. The predicted molar refractivity (Wildman–Crippen MR) is 80.0 cm³/mol. The molecule has 0 amide bonds. The van der Waals surface area contributed by atoms with Gasteiger partial charge in [-0.3, -0.25) is 10.1 Å². The number of rotatable bonds is 6. The minimum absolute atomic E-state index is 0.0406. The van der Waals surface area contributed by atoms with Crippen LogP contribution in [0.1, 0.15) is 25.0 Å². The zero-order valence-electron chi connectivity index (χ0n) is 12.1. The summed E-state index contributed by atoms with van der Waals surface area (Å²) >= 11 is 0. The molecule has 0 fully saturated rings. The first kappa shape index (κ1) is 16.4. The van der Waals surface area contributed by atoms with Crippen LogP contribution in [0, 0.1) is 24.0 Å². The number of aryl methyl sites for hydroxylation is 2. The van der Waals surface area contributed by atoms with Crippen molar-refractivity contribution in [3.63, 3.8) is 0 Å². The molecule has 0 saturated heterocycles. The first-order valence-corrected chi connectivity index (χ1v) is 8.21. The molecule has 0 aliphatic carbocycles. The molecule has 0 bridgehead atoms. The number of nitrogens with one attached hydrogen (secondary N) is 1. The Morgan fingerprint density at radius 3 is 2.40 bits per heavy atom. The Labute approximate surface area is 119 Å². The number of hydrogen-bond donors (Lipinski definition) is 1. The minimum Gasteiger partial charge on any atom is -0.381 e. The Bertz CT molecular complexity index is 611. The van der Waals surface area contributed by atoms with E-state index in [1.54, 1.807) is 33.8 Å². The number of hydrogen-bond acceptors (Lipinski definition) is 5. The van der Waals surface area contributed by atoms with Gasteiger partial charge in [0.25, 0.3) is 5.69 Å². The molecule has 1 N–H and O–H groups in total. The lowest BCUT2D eigenvalue weighted by Gasteiger charge is -2.17. The molecule has 0 saturated carbocycles. The molecular weight excluding hydrogens is 280 g/mol. The van der Waals surface area contributed by atoms with Gasteiger partial charge in [-0.1, -0.05) is 6.92 Å². The van der Waals surface area contributed by atoms with E-state index in [0.717, 1.165) is 11.3 Å². The SMILES string of the molecule is CCS(=O)(=O)CC(C)Nc1cc(C)c([N+](=O)[O-])cc1C. The summed E-state index contributed by atoms with van der Waals surface area (Å²) in [4.78, 5) is 10.4. The summed E-state index contributed by atoms with van der Waals surface area (Å²) in [6, 6.07) is 2.93. The molecule has 20 heavy (non-hydrogen) atoms. The molecular formula is C13H20N2O4S. The summed E-state index contributed by atoms with van der Waals surface area (Å²) in [5, 5.41) is 13.9. The predicted octanol–water partition coefficient (Wildman–Crippen LogP) is 2.45. The number of benzene rings is 1. The Morgan fingerprint density at radius 1 is 1.30 bits per heavy atom. The van der Waals surface area contributed by atoms with Gasteiger partial charge in [0.05, 0.1) is 10.7 Å². The molecule has 1 unspecified atom stereocenters. The van der Waals surface area contributed by atoms with E-state index in [-0.39, 0.29) is 23.2 Å². The van der Waals surface area contributed by atoms with Crippen LogP contribution in [0.4, 0.5) is 11.4 Å². The molecule has 0 radical (unpaired) electrons. The van der Waals surface area contributed by atoms with Gasteiger partial charge in [0.15, 0.2) is 9.84 Å². The molecule has 0 aliphatic rings. The van der Waals surface area contributed by atoms with Crippen LogP contribution >= 0.6 is 0 Å². The minimum atomic E-state index is -3.05. The summed E-state index contributed by atoms with van der Waals surface area (Å²) in [6.45, 7) is 6.82. The second kappa shape index (κ2) is 6.21. The van der Waals surface area contributed by atoms with Crippen molar-refractivity contribution in [2.45, 2.75) is 33.7 Å². The van der Waals surface area contributed by atoms with Crippen LogP contribution < -0.4 is 5.32 Å². The van der Waals surface area contributed by atoms with Crippen molar-refractivity contribution in [3.05, 3.63) is 33.4 Å². The second-order valence-electron chi connectivity index (χ2n) is 4.96. The quantitative estimate of drug-likeness (QED) is 0.644. The van der Waals surface area contributed by atoms with Gasteiger partial charge in [-0.25, -0.2) is 8.42 Å². The summed E-state index contributed by atoms with van der Waals surface area (Å²) in [6.07, 6.45) is 0. The first-order valence-electron chi connectivity index (χ1n) is 6.39.